The molecule has 1 saturated heterocycles. The summed E-state index contributed by atoms with van der Waals surface area (Å²) in [6, 6.07) is 3.08. The quantitative estimate of drug-likeness (QED) is 0.721. The van der Waals surface area contributed by atoms with Gasteiger partial charge in [-0.15, -0.1) is 0 Å². The number of hydrogen-bond acceptors (Lipinski definition) is 3. The van der Waals surface area contributed by atoms with Gasteiger partial charge in [0.1, 0.15) is 11.9 Å². The summed E-state index contributed by atoms with van der Waals surface area (Å²) in [6.45, 7) is 2.66. The molecule has 1 aromatic carbocycles. The summed E-state index contributed by atoms with van der Waals surface area (Å²) >= 11 is 0. The van der Waals surface area contributed by atoms with Crippen LogP contribution in [-0.4, -0.2) is 51.9 Å². The van der Waals surface area contributed by atoms with E-state index in [9.17, 15) is 23.9 Å². The van der Waals surface area contributed by atoms with Crippen molar-refractivity contribution in [3.63, 3.8) is 0 Å². The van der Waals surface area contributed by atoms with E-state index in [1.54, 1.807) is 17.2 Å². The first-order chi connectivity index (χ1) is 12.4. The number of carbonyl (C=O) groups is 3. The largest absolute Gasteiger partial charge is 0.480 e. The molecule has 0 unspecified atom stereocenters. The third-order valence-corrected chi connectivity index (χ3v) is 4.74. The Morgan fingerprint density at radius 1 is 1.46 bits per heavy atom. The molecule has 2 aromatic rings. The topological polar surface area (TPSA) is 102 Å². The zero-order chi connectivity index (χ0) is 18.8. The maximum atomic E-state index is 13.3. The first kappa shape index (κ1) is 17.9. The van der Waals surface area contributed by atoms with Crippen molar-refractivity contribution in [1.29, 1.82) is 0 Å². The lowest BCUT2D eigenvalue weighted by Gasteiger charge is -2.17. The van der Waals surface area contributed by atoms with Crippen LogP contribution in [0.3, 0.4) is 0 Å². The number of aromatic amines is 1. The second-order valence-corrected chi connectivity index (χ2v) is 6.44. The highest BCUT2D eigenvalue weighted by molar-refractivity contribution is 5.92. The van der Waals surface area contributed by atoms with Crippen molar-refractivity contribution in [3.05, 3.63) is 35.8 Å². The van der Waals surface area contributed by atoms with Gasteiger partial charge < -0.3 is 20.3 Å². The van der Waals surface area contributed by atoms with Crippen LogP contribution in [0.1, 0.15) is 18.9 Å². The van der Waals surface area contributed by atoms with Gasteiger partial charge in [-0.2, -0.15) is 0 Å². The van der Waals surface area contributed by atoms with Crippen molar-refractivity contribution < 1.29 is 23.9 Å². The summed E-state index contributed by atoms with van der Waals surface area (Å²) in [5.41, 5.74) is 1.24. The standard InChI is InChI=1S/C18H20FN3O4/c1-2-22-9-11(6-16(22)23)17(24)21-15(18(25)26)5-10-8-20-14-7-12(19)3-4-13(10)14/h3-4,7-8,11,15,20H,2,5-6,9H2,1H3,(H,21,24)(H,25,26)/t11-,15+/m1/s1. The van der Waals surface area contributed by atoms with Crippen LogP contribution in [0.4, 0.5) is 4.39 Å². The minimum Gasteiger partial charge on any atom is -0.480 e. The van der Waals surface area contributed by atoms with Gasteiger partial charge in [-0.1, -0.05) is 0 Å². The molecule has 1 aromatic heterocycles. The Balaban J connectivity index is 1.72. The fourth-order valence-electron chi connectivity index (χ4n) is 3.29. The molecule has 26 heavy (non-hydrogen) atoms. The number of fused-ring (bicyclic) bond motifs is 1. The number of aliphatic carboxylic acids is 1. The summed E-state index contributed by atoms with van der Waals surface area (Å²) in [6.07, 6.45) is 1.77. The summed E-state index contributed by atoms with van der Waals surface area (Å²) in [4.78, 5) is 40.2. The maximum Gasteiger partial charge on any atom is 0.326 e. The van der Waals surface area contributed by atoms with Gasteiger partial charge in [-0.25, -0.2) is 9.18 Å². The highest BCUT2D eigenvalue weighted by atomic mass is 19.1. The Morgan fingerprint density at radius 2 is 2.23 bits per heavy atom. The van der Waals surface area contributed by atoms with Crippen molar-refractivity contribution in [2.45, 2.75) is 25.8 Å². The summed E-state index contributed by atoms with van der Waals surface area (Å²) in [5.74, 6) is -2.63. The van der Waals surface area contributed by atoms with E-state index in [4.69, 9.17) is 0 Å². The molecule has 7 nitrogen and oxygen atoms in total. The lowest BCUT2D eigenvalue weighted by Crippen LogP contribution is -2.45. The summed E-state index contributed by atoms with van der Waals surface area (Å²) in [5, 5.41) is 12.7. The normalized spacial score (nSPS) is 18.3. The molecule has 3 rings (SSSR count). The molecule has 1 aliphatic heterocycles. The van der Waals surface area contributed by atoms with Gasteiger partial charge in [-0.3, -0.25) is 9.59 Å². The van der Waals surface area contributed by atoms with Crippen LogP contribution in [0.25, 0.3) is 10.9 Å². The molecule has 1 aliphatic rings. The summed E-state index contributed by atoms with van der Waals surface area (Å²) in [7, 11) is 0. The SMILES string of the molecule is CCN1C[C@H](C(=O)N[C@@H](Cc2c[nH]c3cc(F)ccc23)C(=O)O)CC1=O. The highest BCUT2D eigenvalue weighted by Crippen LogP contribution is 2.21. The Bertz CT molecular complexity index is 863. The minimum atomic E-state index is -1.16. The van der Waals surface area contributed by atoms with E-state index in [-0.39, 0.29) is 24.6 Å². The predicted octanol–water partition coefficient (Wildman–Crippen LogP) is 1.29. The highest BCUT2D eigenvalue weighted by Gasteiger charge is 2.35. The zero-order valence-electron chi connectivity index (χ0n) is 14.3. The van der Waals surface area contributed by atoms with Gasteiger partial charge in [0.25, 0.3) is 0 Å². The Morgan fingerprint density at radius 3 is 2.88 bits per heavy atom. The van der Waals surface area contributed by atoms with Gasteiger partial charge in [0.15, 0.2) is 0 Å². The number of nitrogens with zero attached hydrogens (tertiary/aromatic N) is 1. The maximum absolute atomic E-state index is 13.3. The number of halogens is 1. The number of rotatable bonds is 6. The first-order valence-electron chi connectivity index (χ1n) is 8.45. The van der Waals surface area contributed by atoms with Crippen LogP contribution in [0.2, 0.25) is 0 Å². The van der Waals surface area contributed by atoms with Crippen LogP contribution in [0, 0.1) is 11.7 Å². The van der Waals surface area contributed by atoms with E-state index in [0.717, 1.165) is 0 Å². The third-order valence-electron chi connectivity index (χ3n) is 4.74. The number of likely N-dealkylation sites (tertiary alicyclic amines) is 1. The van der Waals surface area contributed by atoms with Crippen LogP contribution in [0.5, 0.6) is 0 Å². The van der Waals surface area contributed by atoms with E-state index in [1.807, 2.05) is 6.92 Å². The van der Waals surface area contributed by atoms with Crippen LogP contribution < -0.4 is 5.32 Å². The fourth-order valence-corrected chi connectivity index (χ4v) is 3.29. The smallest absolute Gasteiger partial charge is 0.326 e. The van der Waals surface area contributed by atoms with Crippen molar-refractivity contribution in [2.75, 3.05) is 13.1 Å². The van der Waals surface area contributed by atoms with Gasteiger partial charge in [0.05, 0.1) is 5.92 Å². The summed E-state index contributed by atoms with van der Waals surface area (Å²) < 4.78 is 13.3. The van der Waals surface area contributed by atoms with Crippen molar-refractivity contribution >= 4 is 28.7 Å². The van der Waals surface area contributed by atoms with Gasteiger partial charge in [-0.05, 0) is 30.7 Å². The average molecular weight is 361 g/mol. The fraction of sp³-hybridized carbons (Fsp3) is 0.389. The third kappa shape index (κ3) is 3.54. The molecule has 2 atom stereocenters. The number of benzene rings is 1. The number of aromatic nitrogens is 1. The molecule has 1 fully saturated rings. The van der Waals surface area contributed by atoms with E-state index in [1.165, 1.54) is 12.1 Å². The first-order valence-corrected chi connectivity index (χ1v) is 8.45. The van der Waals surface area contributed by atoms with E-state index in [0.29, 0.717) is 29.6 Å². The second kappa shape index (κ2) is 7.15. The molecule has 0 spiro atoms. The molecule has 0 radical (unpaired) electrons. The van der Waals surface area contributed by atoms with Gasteiger partial charge in [0.2, 0.25) is 11.8 Å². The molecule has 138 valence electrons. The van der Waals surface area contributed by atoms with Crippen molar-refractivity contribution in [3.8, 4) is 0 Å². The predicted molar refractivity (Wildman–Crippen MR) is 91.9 cm³/mol. The molecule has 8 heteroatoms. The molecule has 2 amide bonds. The number of carboxylic acid groups (broad SMARTS) is 1. The van der Waals surface area contributed by atoms with E-state index in [2.05, 4.69) is 10.3 Å². The Labute approximate surface area is 149 Å². The van der Waals surface area contributed by atoms with Gasteiger partial charge in [0, 0.05) is 43.0 Å². The molecule has 0 aliphatic carbocycles. The lowest BCUT2D eigenvalue weighted by molar-refractivity contribution is -0.142. The molecule has 2 heterocycles. The zero-order valence-corrected chi connectivity index (χ0v) is 14.3. The van der Waals surface area contributed by atoms with Crippen LogP contribution >= 0.6 is 0 Å². The molecule has 3 N–H and O–H groups in total. The molecule has 0 saturated carbocycles. The monoisotopic (exact) mass is 361 g/mol. The second-order valence-electron chi connectivity index (χ2n) is 6.44. The average Bonchev–Trinajstić information content (AvgIpc) is 3.17. The van der Waals surface area contributed by atoms with Gasteiger partial charge >= 0.3 is 5.97 Å². The number of carbonyl (C=O) groups excluding carboxylic acids is 2. The van der Waals surface area contributed by atoms with Crippen LogP contribution in [0.15, 0.2) is 24.4 Å². The number of amides is 2. The van der Waals surface area contributed by atoms with Crippen LogP contribution in [-0.2, 0) is 20.8 Å². The lowest BCUT2D eigenvalue weighted by atomic mass is 10.0. The minimum absolute atomic E-state index is 0.0604. The number of hydrogen-bond donors (Lipinski definition) is 3. The van der Waals surface area contributed by atoms with E-state index < -0.39 is 23.8 Å². The van der Waals surface area contributed by atoms with Crippen molar-refractivity contribution in [1.82, 2.24) is 15.2 Å². The Kier molecular flexibility index (Phi) is 4.92. The molecular formula is C18H20FN3O4. The number of H-pyrrole nitrogens is 1. The molecule has 0 bridgehead atoms. The number of carboxylic acids is 1. The number of nitrogens with one attached hydrogen (secondary N) is 2. The van der Waals surface area contributed by atoms with E-state index >= 15 is 0 Å². The van der Waals surface area contributed by atoms with Crippen molar-refractivity contribution in [2.24, 2.45) is 5.92 Å². The Hall–Kier alpha value is -2.90. The molecular weight excluding hydrogens is 341 g/mol.